The van der Waals surface area contributed by atoms with Crippen molar-refractivity contribution < 1.29 is 0 Å². The summed E-state index contributed by atoms with van der Waals surface area (Å²) in [4.78, 5) is 1.32. The minimum Gasteiger partial charge on any atom is -0.119 e. The molecule has 0 saturated carbocycles. The van der Waals surface area contributed by atoms with E-state index in [0.29, 0.717) is 5.25 Å². The predicted molar refractivity (Wildman–Crippen MR) is 77.2 cm³/mol. The summed E-state index contributed by atoms with van der Waals surface area (Å²) < 4.78 is 0. The minimum atomic E-state index is 0.484. The first-order chi connectivity index (χ1) is 8.34. The van der Waals surface area contributed by atoms with Crippen LogP contribution in [0.2, 0.25) is 0 Å². The van der Waals surface area contributed by atoms with Gasteiger partial charge in [0, 0.05) is 10.1 Å². The van der Waals surface area contributed by atoms with Gasteiger partial charge in [0.25, 0.3) is 0 Å². The Hall–Kier alpha value is -1.47. The minimum absolute atomic E-state index is 0.484. The Balaban J connectivity index is 1.94. The molecule has 0 bridgehead atoms. The lowest BCUT2D eigenvalue weighted by Crippen LogP contribution is -1.88. The standard InChI is InChI=1S/C16H16S/c1-14(17-16-10-6-3-7-11-16)12-13-15-8-4-2-5-9-15/h2-14H,1H3/b13-12+/t14-/m0/s1. The van der Waals surface area contributed by atoms with Crippen LogP contribution in [0.15, 0.2) is 71.6 Å². The monoisotopic (exact) mass is 240 g/mol. The van der Waals surface area contributed by atoms with E-state index in [1.807, 2.05) is 17.8 Å². The Labute approximate surface area is 107 Å². The highest BCUT2D eigenvalue weighted by Crippen LogP contribution is 2.23. The first-order valence-corrected chi connectivity index (χ1v) is 6.67. The highest BCUT2D eigenvalue weighted by atomic mass is 32.2. The van der Waals surface area contributed by atoms with Crippen molar-refractivity contribution in [3.8, 4) is 0 Å². The molecule has 0 radical (unpaired) electrons. The second-order valence-electron chi connectivity index (χ2n) is 3.91. The number of thioether (sulfide) groups is 1. The molecule has 2 aromatic rings. The molecule has 0 aliphatic carbocycles. The summed E-state index contributed by atoms with van der Waals surface area (Å²) in [5, 5.41) is 0.484. The van der Waals surface area contributed by atoms with Gasteiger partial charge in [-0.15, -0.1) is 11.8 Å². The highest BCUT2D eigenvalue weighted by Gasteiger charge is 1.99. The van der Waals surface area contributed by atoms with Crippen molar-refractivity contribution in [2.75, 3.05) is 0 Å². The van der Waals surface area contributed by atoms with Gasteiger partial charge in [-0.1, -0.05) is 60.7 Å². The Morgan fingerprint density at radius 1 is 0.882 bits per heavy atom. The molecule has 0 unspecified atom stereocenters. The first kappa shape index (κ1) is 12.0. The van der Waals surface area contributed by atoms with Crippen molar-refractivity contribution in [1.29, 1.82) is 0 Å². The highest BCUT2D eigenvalue weighted by molar-refractivity contribution is 8.00. The number of hydrogen-bond donors (Lipinski definition) is 0. The Bertz CT molecular complexity index is 459. The van der Waals surface area contributed by atoms with Crippen LogP contribution in [-0.4, -0.2) is 5.25 Å². The third-order valence-electron chi connectivity index (χ3n) is 2.42. The summed E-state index contributed by atoms with van der Waals surface area (Å²) >= 11 is 1.88. The van der Waals surface area contributed by atoms with Gasteiger partial charge in [-0.05, 0) is 24.6 Å². The molecule has 0 amide bonds. The predicted octanol–water partition coefficient (Wildman–Crippen LogP) is 4.88. The lowest BCUT2D eigenvalue weighted by Gasteiger charge is -2.05. The fourth-order valence-corrected chi connectivity index (χ4v) is 2.46. The second kappa shape index (κ2) is 6.31. The molecule has 1 atom stereocenters. The van der Waals surface area contributed by atoms with E-state index in [1.54, 1.807) is 0 Å². The lowest BCUT2D eigenvalue weighted by molar-refractivity contribution is 1.24. The van der Waals surface area contributed by atoms with Gasteiger partial charge in [-0.3, -0.25) is 0 Å². The zero-order valence-corrected chi connectivity index (χ0v) is 10.7. The molecule has 2 aromatic carbocycles. The lowest BCUT2D eigenvalue weighted by atomic mass is 10.2. The zero-order chi connectivity index (χ0) is 11.9. The van der Waals surface area contributed by atoms with Gasteiger partial charge < -0.3 is 0 Å². The molecule has 0 N–H and O–H groups in total. The summed E-state index contributed by atoms with van der Waals surface area (Å²) in [7, 11) is 0. The molecule has 0 nitrogen and oxygen atoms in total. The summed E-state index contributed by atoms with van der Waals surface area (Å²) in [6, 6.07) is 20.9. The molecule has 0 aromatic heterocycles. The van der Waals surface area contributed by atoms with Gasteiger partial charge in [-0.2, -0.15) is 0 Å². The van der Waals surface area contributed by atoms with Gasteiger partial charge in [0.15, 0.2) is 0 Å². The fraction of sp³-hybridized carbons (Fsp3) is 0.125. The fourth-order valence-electron chi connectivity index (χ4n) is 1.56. The second-order valence-corrected chi connectivity index (χ2v) is 5.36. The smallest absolute Gasteiger partial charge is 0.0249 e. The normalized spacial score (nSPS) is 12.8. The summed E-state index contributed by atoms with van der Waals surface area (Å²) in [6.07, 6.45) is 4.42. The molecule has 86 valence electrons. The molecule has 0 aliphatic rings. The number of hydrogen-bond acceptors (Lipinski definition) is 1. The maximum absolute atomic E-state index is 2.24. The molecule has 0 heterocycles. The molecule has 1 heteroatoms. The van der Waals surface area contributed by atoms with E-state index in [4.69, 9.17) is 0 Å². The van der Waals surface area contributed by atoms with Crippen molar-refractivity contribution in [3.63, 3.8) is 0 Å². The van der Waals surface area contributed by atoms with Crippen LogP contribution in [0.25, 0.3) is 6.08 Å². The van der Waals surface area contributed by atoms with Crippen LogP contribution in [0.3, 0.4) is 0 Å². The molecule has 0 spiro atoms. The summed E-state index contributed by atoms with van der Waals surface area (Å²) in [5.74, 6) is 0. The maximum Gasteiger partial charge on any atom is 0.0249 e. The number of benzene rings is 2. The Morgan fingerprint density at radius 3 is 2.12 bits per heavy atom. The molecule has 0 fully saturated rings. The summed E-state index contributed by atoms with van der Waals surface area (Å²) in [6.45, 7) is 2.22. The quantitative estimate of drug-likeness (QED) is 0.686. The maximum atomic E-state index is 2.24. The Kier molecular flexibility index (Phi) is 4.45. The average Bonchev–Trinajstić information content (AvgIpc) is 2.39. The van der Waals surface area contributed by atoms with Crippen LogP contribution in [-0.2, 0) is 0 Å². The summed E-state index contributed by atoms with van der Waals surface area (Å²) in [5.41, 5.74) is 1.26. The van der Waals surface area contributed by atoms with Gasteiger partial charge in [0.2, 0.25) is 0 Å². The third kappa shape index (κ3) is 4.12. The molecule has 2 rings (SSSR count). The topological polar surface area (TPSA) is 0 Å². The van der Waals surface area contributed by atoms with E-state index in [9.17, 15) is 0 Å². The van der Waals surface area contributed by atoms with E-state index in [-0.39, 0.29) is 0 Å². The van der Waals surface area contributed by atoms with E-state index in [2.05, 4.69) is 73.7 Å². The number of rotatable bonds is 4. The van der Waals surface area contributed by atoms with Gasteiger partial charge >= 0.3 is 0 Å². The molecule has 0 saturated heterocycles. The van der Waals surface area contributed by atoms with Crippen molar-refractivity contribution in [3.05, 3.63) is 72.3 Å². The van der Waals surface area contributed by atoms with Gasteiger partial charge in [-0.25, -0.2) is 0 Å². The van der Waals surface area contributed by atoms with Crippen molar-refractivity contribution >= 4 is 17.8 Å². The van der Waals surface area contributed by atoms with Crippen LogP contribution >= 0.6 is 11.8 Å². The van der Waals surface area contributed by atoms with Crippen LogP contribution in [0.1, 0.15) is 12.5 Å². The van der Waals surface area contributed by atoms with E-state index in [0.717, 1.165) is 0 Å². The molecule has 0 aliphatic heterocycles. The van der Waals surface area contributed by atoms with Gasteiger partial charge in [0.1, 0.15) is 0 Å². The van der Waals surface area contributed by atoms with Gasteiger partial charge in [0.05, 0.1) is 0 Å². The zero-order valence-electron chi connectivity index (χ0n) is 9.91. The largest absolute Gasteiger partial charge is 0.119 e. The van der Waals surface area contributed by atoms with E-state index in [1.165, 1.54) is 10.5 Å². The molecular formula is C16H16S. The van der Waals surface area contributed by atoms with Crippen molar-refractivity contribution in [2.45, 2.75) is 17.1 Å². The molecular weight excluding hydrogens is 224 g/mol. The molecule has 17 heavy (non-hydrogen) atoms. The SMILES string of the molecule is C[C@@H](/C=C/c1ccccc1)Sc1ccccc1. The third-order valence-corrected chi connectivity index (χ3v) is 3.50. The van der Waals surface area contributed by atoms with E-state index >= 15 is 0 Å². The van der Waals surface area contributed by atoms with Crippen LogP contribution in [0, 0.1) is 0 Å². The van der Waals surface area contributed by atoms with Crippen LogP contribution < -0.4 is 0 Å². The van der Waals surface area contributed by atoms with Crippen LogP contribution in [0.5, 0.6) is 0 Å². The Morgan fingerprint density at radius 2 is 1.47 bits per heavy atom. The average molecular weight is 240 g/mol. The van der Waals surface area contributed by atoms with E-state index < -0.39 is 0 Å². The van der Waals surface area contributed by atoms with Crippen LogP contribution in [0.4, 0.5) is 0 Å². The van der Waals surface area contributed by atoms with Crippen molar-refractivity contribution in [1.82, 2.24) is 0 Å². The first-order valence-electron chi connectivity index (χ1n) is 5.79. The van der Waals surface area contributed by atoms with Crippen molar-refractivity contribution in [2.24, 2.45) is 0 Å².